The topological polar surface area (TPSA) is 24.9 Å². The molecule has 1 unspecified atom stereocenters. The molecule has 0 aliphatic heterocycles. The van der Waals surface area contributed by atoms with Crippen molar-refractivity contribution >= 4 is 0 Å². The van der Waals surface area contributed by atoms with Gasteiger partial charge in [0, 0.05) is 6.20 Å². The summed E-state index contributed by atoms with van der Waals surface area (Å²) in [6.45, 7) is 5.24. The van der Waals surface area contributed by atoms with Gasteiger partial charge in [0.15, 0.2) is 0 Å². The van der Waals surface area contributed by atoms with E-state index in [1.807, 2.05) is 18.3 Å². The zero-order valence-corrected chi connectivity index (χ0v) is 11.1. The molecule has 94 valence electrons. The minimum absolute atomic E-state index is 0.183. The summed E-state index contributed by atoms with van der Waals surface area (Å²) in [5.74, 6) is 0. The van der Waals surface area contributed by atoms with Gasteiger partial charge in [-0.05, 0) is 36.2 Å². The molecule has 0 aliphatic rings. The third-order valence-corrected chi connectivity index (χ3v) is 3.08. The molecule has 18 heavy (non-hydrogen) atoms. The van der Waals surface area contributed by atoms with Gasteiger partial charge in [-0.15, -0.1) is 0 Å². The van der Waals surface area contributed by atoms with Gasteiger partial charge in [0.1, 0.15) is 0 Å². The van der Waals surface area contributed by atoms with Crippen molar-refractivity contribution < 1.29 is 0 Å². The van der Waals surface area contributed by atoms with Gasteiger partial charge in [0.2, 0.25) is 0 Å². The first-order valence-corrected chi connectivity index (χ1v) is 6.58. The quantitative estimate of drug-likeness (QED) is 0.867. The van der Waals surface area contributed by atoms with E-state index in [0.717, 1.165) is 18.7 Å². The third-order valence-electron chi connectivity index (χ3n) is 3.08. The lowest BCUT2D eigenvalue weighted by atomic mass is 10.00. The van der Waals surface area contributed by atoms with Gasteiger partial charge in [-0.3, -0.25) is 4.98 Å². The van der Waals surface area contributed by atoms with Crippen LogP contribution in [0.1, 0.15) is 36.7 Å². The minimum Gasteiger partial charge on any atom is -0.305 e. The molecule has 0 saturated heterocycles. The number of benzene rings is 1. The highest BCUT2D eigenvalue weighted by Gasteiger charge is 2.13. The lowest BCUT2D eigenvalue weighted by Crippen LogP contribution is -2.22. The number of hydrogen-bond donors (Lipinski definition) is 1. The van der Waals surface area contributed by atoms with Gasteiger partial charge < -0.3 is 5.32 Å². The monoisotopic (exact) mass is 240 g/mol. The van der Waals surface area contributed by atoms with E-state index in [2.05, 4.69) is 54.5 Å². The number of rotatable bonds is 5. The molecule has 2 aromatic rings. The van der Waals surface area contributed by atoms with Crippen LogP contribution in [-0.2, 0) is 6.42 Å². The first kappa shape index (κ1) is 12.8. The molecule has 2 nitrogen and oxygen atoms in total. The standard InChI is InChI=1S/C16H20N2/c1-3-13-8-7-9-14(12-13)16(17-4-2)15-10-5-6-11-18-15/h5-12,16-17H,3-4H2,1-2H3. The second-order valence-corrected chi connectivity index (χ2v) is 4.34. The number of nitrogens with one attached hydrogen (secondary N) is 1. The van der Waals surface area contributed by atoms with Crippen molar-refractivity contribution in [1.82, 2.24) is 10.3 Å². The van der Waals surface area contributed by atoms with E-state index in [4.69, 9.17) is 0 Å². The first-order chi connectivity index (χ1) is 8.85. The van der Waals surface area contributed by atoms with E-state index in [9.17, 15) is 0 Å². The fraction of sp³-hybridized carbons (Fsp3) is 0.312. The van der Waals surface area contributed by atoms with Gasteiger partial charge in [0.05, 0.1) is 11.7 Å². The Balaban J connectivity index is 2.35. The molecule has 0 bridgehead atoms. The second kappa shape index (κ2) is 6.31. The highest BCUT2D eigenvalue weighted by Crippen LogP contribution is 2.21. The van der Waals surface area contributed by atoms with Crippen LogP contribution >= 0.6 is 0 Å². The summed E-state index contributed by atoms with van der Waals surface area (Å²) in [6.07, 6.45) is 2.91. The summed E-state index contributed by atoms with van der Waals surface area (Å²) in [6, 6.07) is 15.0. The van der Waals surface area contributed by atoms with E-state index in [-0.39, 0.29) is 6.04 Å². The van der Waals surface area contributed by atoms with Gasteiger partial charge >= 0.3 is 0 Å². The molecular formula is C16H20N2. The van der Waals surface area contributed by atoms with Gasteiger partial charge in [-0.1, -0.05) is 44.2 Å². The van der Waals surface area contributed by atoms with Gasteiger partial charge in [-0.25, -0.2) is 0 Å². The van der Waals surface area contributed by atoms with Crippen LogP contribution in [0.15, 0.2) is 48.7 Å². The molecule has 0 amide bonds. The molecule has 1 aromatic heterocycles. The number of hydrogen-bond acceptors (Lipinski definition) is 2. The molecule has 1 N–H and O–H groups in total. The Labute approximate surface area is 109 Å². The molecule has 0 radical (unpaired) electrons. The summed E-state index contributed by atoms with van der Waals surface area (Å²) in [7, 11) is 0. The normalized spacial score (nSPS) is 12.3. The van der Waals surface area contributed by atoms with Crippen LogP contribution < -0.4 is 5.32 Å². The predicted molar refractivity (Wildman–Crippen MR) is 75.6 cm³/mol. The van der Waals surface area contributed by atoms with Crippen molar-refractivity contribution in [3.05, 3.63) is 65.5 Å². The van der Waals surface area contributed by atoms with Crippen molar-refractivity contribution in [2.45, 2.75) is 26.3 Å². The van der Waals surface area contributed by atoms with E-state index >= 15 is 0 Å². The lowest BCUT2D eigenvalue weighted by Gasteiger charge is -2.18. The molecule has 1 atom stereocenters. The van der Waals surface area contributed by atoms with Crippen LogP contribution in [0.3, 0.4) is 0 Å². The Kier molecular flexibility index (Phi) is 4.48. The van der Waals surface area contributed by atoms with Crippen LogP contribution in [0.2, 0.25) is 0 Å². The molecule has 2 rings (SSSR count). The van der Waals surface area contributed by atoms with Crippen molar-refractivity contribution in [3.8, 4) is 0 Å². The number of pyridine rings is 1. The summed E-state index contributed by atoms with van der Waals surface area (Å²) in [5, 5.41) is 3.50. The Morgan fingerprint density at radius 1 is 1.11 bits per heavy atom. The summed E-state index contributed by atoms with van der Waals surface area (Å²) in [5.41, 5.74) is 3.73. The predicted octanol–water partition coefficient (Wildman–Crippen LogP) is 3.34. The van der Waals surface area contributed by atoms with Crippen molar-refractivity contribution in [1.29, 1.82) is 0 Å². The van der Waals surface area contributed by atoms with Crippen LogP contribution in [0.4, 0.5) is 0 Å². The zero-order chi connectivity index (χ0) is 12.8. The molecule has 1 heterocycles. The van der Waals surface area contributed by atoms with E-state index in [1.54, 1.807) is 0 Å². The fourth-order valence-electron chi connectivity index (χ4n) is 2.14. The van der Waals surface area contributed by atoms with Crippen LogP contribution in [0.5, 0.6) is 0 Å². The van der Waals surface area contributed by atoms with Crippen molar-refractivity contribution in [2.24, 2.45) is 0 Å². The Hall–Kier alpha value is -1.67. The lowest BCUT2D eigenvalue weighted by molar-refractivity contribution is 0.615. The van der Waals surface area contributed by atoms with Crippen molar-refractivity contribution in [3.63, 3.8) is 0 Å². The highest BCUT2D eigenvalue weighted by molar-refractivity contribution is 5.31. The SMILES string of the molecule is CCNC(c1cccc(CC)c1)c1ccccn1. The molecule has 2 heteroatoms. The third kappa shape index (κ3) is 2.96. The first-order valence-electron chi connectivity index (χ1n) is 6.58. The minimum atomic E-state index is 0.183. The van der Waals surface area contributed by atoms with E-state index in [0.29, 0.717) is 0 Å². The summed E-state index contributed by atoms with van der Waals surface area (Å²) in [4.78, 5) is 4.47. The molecule has 0 aliphatic carbocycles. The molecule has 0 fully saturated rings. The maximum atomic E-state index is 4.47. The number of nitrogens with zero attached hydrogens (tertiary/aromatic N) is 1. The zero-order valence-electron chi connectivity index (χ0n) is 11.1. The van der Waals surface area contributed by atoms with Gasteiger partial charge in [0.25, 0.3) is 0 Å². The Morgan fingerprint density at radius 3 is 2.67 bits per heavy atom. The summed E-state index contributed by atoms with van der Waals surface area (Å²) < 4.78 is 0. The van der Waals surface area contributed by atoms with Crippen LogP contribution in [0, 0.1) is 0 Å². The number of aryl methyl sites for hydroxylation is 1. The number of aromatic nitrogens is 1. The second-order valence-electron chi connectivity index (χ2n) is 4.34. The van der Waals surface area contributed by atoms with Crippen molar-refractivity contribution in [2.75, 3.05) is 6.54 Å². The van der Waals surface area contributed by atoms with Crippen LogP contribution in [0.25, 0.3) is 0 Å². The molecule has 0 spiro atoms. The highest BCUT2D eigenvalue weighted by atomic mass is 14.9. The van der Waals surface area contributed by atoms with E-state index < -0.39 is 0 Å². The fourth-order valence-corrected chi connectivity index (χ4v) is 2.14. The maximum absolute atomic E-state index is 4.47. The average molecular weight is 240 g/mol. The average Bonchev–Trinajstić information content (AvgIpc) is 2.46. The Bertz CT molecular complexity index is 479. The molecule has 1 aromatic carbocycles. The maximum Gasteiger partial charge on any atom is 0.0751 e. The smallest absolute Gasteiger partial charge is 0.0751 e. The Morgan fingerprint density at radius 2 is 2.00 bits per heavy atom. The van der Waals surface area contributed by atoms with E-state index in [1.165, 1.54) is 11.1 Å². The molecular weight excluding hydrogens is 220 g/mol. The molecule has 0 saturated carbocycles. The van der Waals surface area contributed by atoms with Gasteiger partial charge in [-0.2, -0.15) is 0 Å². The largest absolute Gasteiger partial charge is 0.305 e. The summed E-state index contributed by atoms with van der Waals surface area (Å²) >= 11 is 0. The van der Waals surface area contributed by atoms with Crippen LogP contribution in [-0.4, -0.2) is 11.5 Å².